The average Bonchev–Trinajstić information content (AvgIpc) is 2.30. The number of rotatable bonds is 2. The summed E-state index contributed by atoms with van der Waals surface area (Å²) < 4.78 is 13.5. The fourth-order valence-corrected chi connectivity index (χ4v) is 0.797. The number of hydrogen-bond donors (Lipinski definition) is 1. The van der Waals surface area contributed by atoms with Crippen LogP contribution in [0.2, 0.25) is 5.02 Å². The van der Waals surface area contributed by atoms with E-state index < -0.39 is 18.0 Å². The van der Waals surface area contributed by atoms with Crippen LogP contribution in [0.5, 0.6) is 0 Å². The molecule has 6 heteroatoms. The molecule has 0 aliphatic carbocycles. The molecule has 0 saturated carbocycles. The van der Waals surface area contributed by atoms with Crippen LogP contribution in [0.25, 0.3) is 0 Å². The Morgan fingerprint density at radius 1 is 1.92 bits per heavy atom. The fraction of sp³-hybridized carbons (Fsp3) is 0.333. The van der Waals surface area contributed by atoms with Crippen LogP contribution in [0.15, 0.2) is 6.20 Å². The van der Waals surface area contributed by atoms with Gasteiger partial charge in [0.25, 0.3) is 5.95 Å². The highest BCUT2D eigenvalue weighted by Gasteiger charge is 2.16. The zero-order chi connectivity index (χ0) is 9.30. The monoisotopic (exact) mass is 192 g/mol. The number of carboxylic acids is 1. The summed E-state index contributed by atoms with van der Waals surface area (Å²) in [4.78, 5) is 10.4. The van der Waals surface area contributed by atoms with E-state index in [1.165, 1.54) is 6.92 Å². The highest BCUT2D eigenvalue weighted by atomic mass is 35.5. The van der Waals surface area contributed by atoms with Crippen molar-refractivity contribution in [1.29, 1.82) is 0 Å². The first-order chi connectivity index (χ1) is 5.52. The molecule has 1 N–H and O–H groups in total. The molecule has 1 aromatic heterocycles. The lowest BCUT2D eigenvalue weighted by atomic mass is 10.4. The van der Waals surface area contributed by atoms with E-state index >= 15 is 0 Å². The third kappa shape index (κ3) is 1.55. The predicted octanol–water partition coefficient (Wildman–Crippen LogP) is 1.32. The lowest BCUT2D eigenvalue weighted by molar-refractivity contribution is -0.140. The minimum Gasteiger partial charge on any atom is -0.480 e. The summed E-state index contributed by atoms with van der Waals surface area (Å²) in [5.41, 5.74) is 0. The molecule has 1 aromatic rings. The Kier molecular flexibility index (Phi) is 2.32. The van der Waals surface area contributed by atoms with Crippen LogP contribution in [-0.4, -0.2) is 20.9 Å². The second kappa shape index (κ2) is 3.10. The van der Waals surface area contributed by atoms with Crippen molar-refractivity contribution in [2.24, 2.45) is 0 Å². The zero-order valence-electron chi connectivity index (χ0n) is 6.16. The number of nitrogens with zero attached hydrogens (tertiary/aromatic N) is 2. The van der Waals surface area contributed by atoms with E-state index in [0.717, 1.165) is 10.9 Å². The van der Waals surface area contributed by atoms with Gasteiger partial charge in [-0.2, -0.15) is 4.39 Å². The van der Waals surface area contributed by atoms with Gasteiger partial charge in [-0.15, -0.1) is 5.10 Å². The number of aromatic nitrogens is 2. The summed E-state index contributed by atoms with van der Waals surface area (Å²) in [6, 6.07) is -0.910. The van der Waals surface area contributed by atoms with E-state index in [1.54, 1.807) is 0 Å². The molecule has 12 heavy (non-hydrogen) atoms. The van der Waals surface area contributed by atoms with Gasteiger partial charge < -0.3 is 5.11 Å². The molecular formula is C6H6ClFN2O2. The van der Waals surface area contributed by atoms with Crippen molar-refractivity contribution >= 4 is 17.6 Å². The zero-order valence-corrected chi connectivity index (χ0v) is 6.92. The Bertz CT molecular complexity index is 293. The highest BCUT2D eigenvalue weighted by Crippen LogP contribution is 2.14. The first kappa shape index (κ1) is 8.99. The Hall–Kier alpha value is -1.10. The smallest absolute Gasteiger partial charge is 0.328 e. The molecule has 0 spiro atoms. The van der Waals surface area contributed by atoms with Crippen LogP contribution < -0.4 is 0 Å². The predicted molar refractivity (Wildman–Crippen MR) is 39.5 cm³/mol. The van der Waals surface area contributed by atoms with Crippen LogP contribution in [0, 0.1) is 5.95 Å². The Morgan fingerprint density at radius 3 is 2.83 bits per heavy atom. The summed E-state index contributed by atoms with van der Waals surface area (Å²) in [5, 5.41) is 11.6. The summed E-state index contributed by atoms with van der Waals surface area (Å²) >= 11 is 5.33. The molecule has 0 aromatic carbocycles. The van der Waals surface area contributed by atoms with Crippen LogP contribution in [-0.2, 0) is 4.79 Å². The van der Waals surface area contributed by atoms with E-state index in [0.29, 0.717) is 0 Å². The van der Waals surface area contributed by atoms with Gasteiger partial charge in [0.05, 0.1) is 0 Å². The standard InChI is InChI=1S/C6H6ClFN2O2/c1-3(6(11)12)10-2-4(7)5(8)9-10/h2-3H,1H3,(H,11,12). The first-order valence-corrected chi connectivity index (χ1v) is 3.53. The topological polar surface area (TPSA) is 55.1 Å². The summed E-state index contributed by atoms with van der Waals surface area (Å²) in [7, 11) is 0. The molecule has 0 amide bonds. The van der Waals surface area contributed by atoms with Crippen molar-refractivity contribution < 1.29 is 14.3 Å². The van der Waals surface area contributed by atoms with Crippen molar-refractivity contribution in [1.82, 2.24) is 9.78 Å². The molecule has 0 aliphatic rings. The van der Waals surface area contributed by atoms with Gasteiger partial charge in [0.15, 0.2) is 0 Å². The van der Waals surface area contributed by atoms with Gasteiger partial charge in [0.2, 0.25) is 0 Å². The van der Waals surface area contributed by atoms with Gasteiger partial charge in [-0.25, -0.2) is 4.79 Å². The Balaban J connectivity index is 2.96. The van der Waals surface area contributed by atoms with Gasteiger partial charge >= 0.3 is 5.97 Å². The Morgan fingerprint density at radius 2 is 2.50 bits per heavy atom. The number of aliphatic carboxylic acids is 1. The van der Waals surface area contributed by atoms with E-state index in [-0.39, 0.29) is 5.02 Å². The van der Waals surface area contributed by atoms with Gasteiger partial charge in [-0.3, -0.25) is 4.68 Å². The van der Waals surface area contributed by atoms with E-state index in [2.05, 4.69) is 5.10 Å². The lowest BCUT2D eigenvalue weighted by Gasteiger charge is -2.04. The minimum atomic E-state index is -1.09. The molecule has 66 valence electrons. The van der Waals surface area contributed by atoms with E-state index in [9.17, 15) is 9.18 Å². The molecular weight excluding hydrogens is 187 g/mol. The highest BCUT2D eigenvalue weighted by molar-refractivity contribution is 6.30. The van der Waals surface area contributed by atoms with E-state index in [4.69, 9.17) is 16.7 Å². The molecule has 0 saturated heterocycles. The van der Waals surface area contributed by atoms with E-state index in [1.807, 2.05) is 0 Å². The summed E-state index contributed by atoms with van der Waals surface area (Å²) in [5.74, 6) is -1.95. The lowest BCUT2D eigenvalue weighted by Crippen LogP contribution is -2.15. The van der Waals surface area contributed by atoms with Crippen molar-refractivity contribution in [3.05, 3.63) is 17.2 Å². The minimum absolute atomic E-state index is 0.178. The van der Waals surface area contributed by atoms with Crippen LogP contribution in [0.3, 0.4) is 0 Å². The summed E-state index contributed by atoms with van der Waals surface area (Å²) in [6.07, 6.45) is 1.13. The van der Waals surface area contributed by atoms with Gasteiger partial charge in [-0.1, -0.05) is 11.6 Å². The Labute approximate surface area is 72.6 Å². The molecule has 0 aliphatic heterocycles. The quantitative estimate of drug-likeness (QED) is 0.769. The van der Waals surface area contributed by atoms with Crippen molar-refractivity contribution in [3.63, 3.8) is 0 Å². The molecule has 1 heterocycles. The number of carboxylic acid groups (broad SMARTS) is 1. The summed E-state index contributed by atoms with van der Waals surface area (Å²) in [6.45, 7) is 1.38. The SMILES string of the molecule is CC(C(=O)O)n1cc(Cl)c(F)n1. The first-order valence-electron chi connectivity index (χ1n) is 3.15. The number of halogens is 2. The van der Waals surface area contributed by atoms with Crippen molar-refractivity contribution in [2.45, 2.75) is 13.0 Å². The van der Waals surface area contributed by atoms with Crippen LogP contribution >= 0.6 is 11.6 Å². The maximum atomic E-state index is 12.5. The molecule has 0 radical (unpaired) electrons. The average molecular weight is 193 g/mol. The van der Waals surface area contributed by atoms with Crippen LogP contribution in [0.4, 0.5) is 4.39 Å². The second-order valence-corrected chi connectivity index (χ2v) is 2.67. The third-order valence-electron chi connectivity index (χ3n) is 1.40. The van der Waals surface area contributed by atoms with Crippen molar-refractivity contribution in [3.8, 4) is 0 Å². The molecule has 1 rings (SSSR count). The maximum Gasteiger partial charge on any atom is 0.328 e. The van der Waals surface area contributed by atoms with Crippen molar-refractivity contribution in [2.75, 3.05) is 0 Å². The molecule has 0 fully saturated rings. The van der Waals surface area contributed by atoms with Gasteiger partial charge in [0.1, 0.15) is 11.1 Å². The normalized spacial score (nSPS) is 12.9. The van der Waals surface area contributed by atoms with Gasteiger partial charge in [-0.05, 0) is 6.92 Å². The second-order valence-electron chi connectivity index (χ2n) is 2.26. The molecule has 1 atom stereocenters. The number of hydrogen-bond acceptors (Lipinski definition) is 2. The number of carbonyl (C=O) groups is 1. The molecule has 1 unspecified atom stereocenters. The molecule has 0 bridgehead atoms. The van der Waals surface area contributed by atoms with Crippen LogP contribution in [0.1, 0.15) is 13.0 Å². The fourth-order valence-electron chi connectivity index (χ4n) is 0.659. The largest absolute Gasteiger partial charge is 0.480 e. The molecule has 4 nitrogen and oxygen atoms in total. The maximum absolute atomic E-state index is 12.5. The third-order valence-corrected chi connectivity index (χ3v) is 1.65. The van der Waals surface area contributed by atoms with Gasteiger partial charge in [0, 0.05) is 6.20 Å².